The third-order valence-corrected chi connectivity index (χ3v) is 4.02. The standard InChI is InChI=1S/C13H16BrN3O/c14-11-5-8(4-9(6-15)13(11)16)12(18)7-17-10-2-1-3-10/h4-5,10,12,17-18H,1-3,7,16H2. The molecule has 0 aromatic heterocycles. The van der Waals surface area contributed by atoms with Crippen molar-refractivity contribution in [2.24, 2.45) is 0 Å². The van der Waals surface area contributed by atoms with Crippen LogP contribution in [-0.4, -0.2) is 17.7 Å². The zero-order valence-corrected chi connectivity index (χ0v) is 11.6. The van der Waals surface area contributed by atoms with Gasteiger partial charge in [-0.3, -0.25) is 0 Å². The molecule has 0 bridgehead atoms. The van der Waals surface area contributed by atoms with Crippen molar-refractivity contribution >= 4 is 21.6 Å². The number of nitrogens with two attached hydrogens (primary N) is 1. The van der Waals surface area contributed by atoms with E-state index in [1.807, 2.05) is 6.07 Å². The number of nitrogens with one attached hydrogen (secondary N) is 1. The van der Waals surface area contributed by atoms with Gasteiger partial charge in [0.25, 0.3) is 0 Å². The summed E-state index contributed by atoms with van der Waals surface area (Å²) < 4.78 is 0.652. The Hall–Kier alpha value is -1.09. The highest BCUT2D eigenvalue weighted by Crippen LogP contribution is 2.28. The molecule has 1 saturated carbocycles. The number of aliphatic hydroxyl groups is 1. The molecule has 2 rings (SSSR count). The van der Waals surface area contributed by atoms with Gasteiger partial charge < -0.3 is 16.2 Å². The molecule has 0 aliphatic heterocycles. The summed E-state index contributed by atoms with van der Waals surface area (Å²) in [6.07, 6.45) is 3.01. The number of halogens is 1. The Morgan fingerprint density at radius 3 is 2.83 bits per heavy atom. The molecule has 96 valence electrons. The van der Waals surface area contributed by atoms with Crippen LogP contribution >= 0.6 is 15.9 Å². The van der Waals surface area contributed by atoms with Crippen LogP contribution in [0.15, 0.2) is 16.6 Å². The first kappa shape index (κ1) is 13.3. The monoisotopic (exact) mass is 309 g/mol. The molecule has 1 fully saturated rings. The molecule has 1 atom stereocenters. The molecular weight excluding hydrogens is 294 g/mol. The zero-order valence-electron chi connectivity index (χ0n) is 9.99. The Kier molecular flexibility index (Phi) is 4.23. The van der Waals surface area contributed by atoms with Crippen molar-refractivity contribution in [2.45, 2.75) is 31.4 Å². The maximum atomic E-state index is 10.1. The number of nitrogen functional groups attached to an aromatic ring is 1. The van der Waals surface area contributed by atoms with Gasteiger partial charge in [-0.15, -0.1) is 0 Å². The fraction of sp³-hybridized carbons (Fsp3) is 0.462. The highest BCUT2D eigenvalue weighted by atomic mass is 79.9. The second-order valence-electron chi connectivity index (χ2n) is 4.63. The average Bonchev–Trinajstić information content (AvgIpc) is 2.30. The SMILES string of the molecule is N#Cc1cc(C(O)CNC2CCC2)cc(Br)c1N. The Bertz CT molecular complexity index is 480. The third kappa shape index (κ3) is 2.83. The van der Waals surface area contributed by atoms with Crippen LogP contribution in [0.3, 0.4) is 0 Å². The van der Waals surface area contributed by atoms with Crippen molar-refractivity contribution in [2.75, 3.05) is 12.3 Å². The van der Waals surface area contributed by atoms with Crippen LogP contribution in [-0.2, 0) is 0 Å². The van der Waals surface area contributed by atoms with Gasteiger partial charge in [0.2, 0.25) is 0 Å². The van der Waals surface area contributed by atoms with E-state index in [2.05, 4.69) is 21.2 Å². The first-order valence-electron chi connectivity index (χ1n) is 6.02. The summed E-state index contributed by atoms with van der Waals surface area (Å²) in [6.45, 7) is 0.506. The van der Waals surface area contributed by atoms with E-state index >= 15 is 0 Å². The molecule has 1 aromatic carbocycles. The van der Waals surface area contributed by atoms with Crippen molar-refractivity contribution in [1.82, 2.24) is 5.32 Å². The van der Waals surface area contributed by atoms with Gasteiger partial charge in [-0.1, -0.05) is 6.42 Å². The second kappa shape index (κ2) is 5.70. The fourth-order valence-corrected chi connectivity index (χ4v) is 2.41. The van der Waals surface area contributed by atoms with Gasteiger partial charge in [-0.25, -0.2) is 0 Å². The summed E-state index contributed by atoms with van der Waals surface area (Å²) in [6, 6.07) is 5.98. The van der Waals surface area contributed by atoms with Crippen molar-refractivity contribution in [3.8, 4) is 6.07 Å². The molecule has 1 aromatic rings. The predicted molar refractivity (Wildman–Crippen MR) is 73.9 cm³/mol. The molecular formula is C13H16BrN3O. The minimum Gasteiger partial charge on any atom is -0.397 e. The second-order valence-corrected chi connectivity index (χ2v) is 5.48. The number of hydrogen-bond donors (Lipinski definition) is 3. The van der Waals surface area contributed by atoms with Gasteiger partial charge in [-0.05, 0) is 46.5 Å². The normalized spacial score (nSPS) is 16.9. The molecule has 0 radical (unpaired) electrons. The number of hydrogen-bond acceptors (Lipinski definition) is 4. The summed E-state index contributed by atoms with van der Waals surface area (Å²) in [5, 5.41) is 22.4. The van der Waals surface area contributed by atoms with Crippen LogP contribution < -0.4 is 11.1 Å². The highest BCUT2D eigenvalue weighted by Gasteiger charge is 2.19. The first-order chi connectivity index (χ1) is 8.61. The Balaban J connectivity index is 2.07. The zero-order chi connectivity index (χ0) is 13.1. The number of benzene rings is 1. The predicted octanol–water partition coefficient (Wildman–Crippen LogP) is 2.08. The van der Waals surface area contributed by atoms with Crippen molar-refractivity contribution in [3.05, 3.63) is 27.7 Å². The fourth-order valence-electron chi connectivity index (χ4n) is 1.93. The van der Waals surface area contributed by atoms with E-state index in [0.717, 1.165) is 0 Å². The maximum absolute atomic E-state index is 10.1. The summed E-state index contributed by atoms with van der Waals surface area (Å²) in [5.74, 6) is 0. The van der Waals surface area contributed by atoms with Crippen molar-refractivity contribution in [1.29, 1.82) is 5.26 Å². The number of anilines is 1. The van der Waals surface area contributed by atoms with Crippen LogP contribution in [0.2, 0.25) is 0 Å². The van der Waals surface area contributed by atoms with Gasteiger partial charge in [0.15, 0.2) is 0 Å². The number of nitriles is 1. The van der Waals surface area contributed by atoms with Crippen LogP contribution in [0.25, 0.3) is 0 Å². The molecule has 5 heteroatoms. The molecule has 0 spiro atoms. The summed E-state index contributed by atoms with van der Waals surface area (Å²) >= 11 is 3.30. The van der Waals surface area contributed by atoms with E-state index in [4.69, 9.17) is 11.0 Å². The molecule has 1 aliphatic rings. The summed E-state index contributed by atoms with van der Waals surface area (Å²) in [7, 11) is 0. The number of nitrogens with zero attached hydrogens (tertiary/aromatic N) is 1. The number of rotatable bonds is 4. The third-order valence-electron chi connectivity index (χ3n) is 3.36. The van der Waals surface area contributed by atoms with E-state index < -0.39 is 6.10 Å². The highest BCUT2D eigenvalue weighted by molar-refractivity contribution is 9.10. The van der Waals surface area contributed by atoms with E-state index in [-0.39, 0.29) is 0 Å². The van der Waals surface area contributed by atoms with E-state index in [1.54, 1.807) is 12.1 Å². The molecule has 4 N–H and O–H groups in total. The van der Waals surface area contributed by atoms with E-state index in [9.17, 15) is 5.11 Å². The molecule has 4 nitrogen and oxygen atoms in total. The average molecular weight is 310 g/mol. The Morgan fingerprint density at radius 2 is 2.28 bits per heavy atom. The molecule has 18 heavy (non-hydrogen) atoms. The number of aliphatic hydroxyl groups excluding tert-OH is 1. The van der Waals surface area contributed by atoms with Crippen LogP contribution in [0, 0.1) is 11.3 Å². The molecule has 0 heterocycles. The van der Waals surface area contributed by atoms with Gasteiger partial charge in [-0.2, -0.15) is 5.26 Å². The van der Waals surface area contributed by atoms with Crippen molar-refractivity contribution < 1.29 is 5.11 Å². The lowest BCUT2D eigenvalue weighted by molar-refractivity contribution is 0.161. The van der Waals surface area contributed by atoms with Crippen LogP contribution in [0.4, 0.5) is 5.69 Å². The summed E-state index contributed by atoms with van der Waals surface area (Å²) in [5.41, 5.74) is 7.26. The lowest BCUT2D eigenvalue weighted by Gasteiger charge is -2.27. The first-order valence-corrected chi connectivity index (χ1v) is 6.81. The van der Waals surface area contributed by atoms with Crippen LogP contribution in [0.5, 0.6) is 0 Å². The minimum absolute atomic E-state index is 0.391. The Morgan fingerprint density at radius 1 is 1.56 bits per heavy atom. The lowest BCUT2D eigenvalue weighted by atomic mass is 9.93. The van der Waals surface area contributed by atoms with Gasteiger partial charge in [0, 0.05) is 17.1 Å². The van der Waals surface area contributed by atoms with Gasteiger partial charge in [0.05, 0.1) is 17.4 Å². The topological polar surface area (TPSA) is 82.1 Å². The van der Waals surface area contributed by atoms with Gasteiger partial charge >= 0.3 is 0 Å². The molecule has 1 aliphatic carbocycles. The van der Waals surface area contributed by atoms with E-state index in [1.165, 1.54) is 19.3 Å². The quantitative estimate of drug-likeness (QED) is 0.744. The molecule has 1 unspecified atom stereocenters. The van der Waals surface area contributed by atoms with Crippen LogP contribution in [0.1, 0.15) is 36.5 Å². The smallest absolute Gasteiger partial charge is 0.101 e. The van der Waals surface area contributed by atoms with Gasteiger partial charge in [0.1, 0.15) is 6.07 Å². The minimum atomic E-state index is -0.616. The van der Waals surface area contributed by atoms with Crippen molar-refractivity contribution in [3.63, 3.8) is 0 Å². The Labute approximate surface area is 115 Å². The molecule has 0 amide bonds. The molecule has 0 saturated heterocycles. The largest absolute Gasteiger partial charge is 0.397 e. The van der Waals surface area contributed by atoms with E-state index in [0.29, 0.717) is 33.9 Å². The lowest BCUT2D eigenvalue weighted by Crippen LogP contribution is -2.37. The summed E-state index contributed by atoms with van der Waals surface area (Å²) in [4.78, 5) is 0. The maximum Gasteiger partial charge on any atom is 0.101 e.